The molecule has 0 aromatic heterocycles. The summed E-state index contributed by atoms with van der Waals surface area (Å²) in [5.74, 6) is -0.354. The molecule has 2 amide bonds. The number of carbonyl (C=O) groups excluding carboxylic acids is 2. The number of para-hydroxylation sites is 1. The van der Waals surface area contributed by atoms with Gasteiger partial charge < -0.3 is 20.1 Å². The standard InChI is InChI=1S/C26H35N3O4/c1-18-11-13-19(14-12-18)23(25(30)28-17-21-9-7-15-33-21)24(29(2)3)26(31)27-16-20-8-5-6-10-22(20)32-4/h5-6,8,10-14,21,23-24H,7,9,15-17H2,1-4H3,(H,27,31)(H,28,30). The van der Waals surface area contributed by atoms with Gasteiger partial charge in [0.15, 0.2) is 0 Å². The highest BCUT2D eigenvalue weighted by molar-refractivity contribution is 5.93. The molecule has 1 aliphatic heterocycles. The highest BCUT2D eigenvalue weighted by Gasteiger charge is 2.37. The van der Waals surface area contributed by atoms with Crippen LogP contribution in [-0.2, 0) is 20.9 Å². The summed E-state index contributed by atoms with van der Waals surface area (Å²) in [4.78, 5) is 28.6. The first-order valence-electron chi connectivity index (χ1n) is 11.4. The van der Waals surface area contributed by atoms with E-state index in [1.807, 2.05) is 69.6 Å². The largest absolute Gasteiger partial charge is 0.496 e. The fraction of sp³-hybridized carbons (Fsp3) is 0.462. The number of nitrogens with zero attached hydrogens (tertiary/aromatic N) is 1. The molecule has 1 aliphatic rings. The zero-order chi connectivity index (χ0) is 23.8. The van der Waals surface area contributed by atoms with Crippen molar-refractivity contribution >= 4 is 11.8 Å². The molecule has 2 aromatic rings. The number of rotatable bonds is 10. The van der Waals surface area contributed by atoms with Crippen LogP contribution in [0.1, 0.15) is 35.4 Å². The van der Waals surface area contributed by atoms with Crippen molar-refractivity contribution in [1.29, 1.82) is 0 Å². The van der Waals surface area contributed by atoms with E-state index in [1.165, 1.54) is 0 Å². The summed E-state index contributed by atoms with van der Waals surface area (Å²) < 4.78 is 11.0. The Morgan fingerprint density at radius 1 is 1.09 bits per heavy atom. The predicted octanol–water partition coefficient (Wildman–Crippen LogP) is 2.63. The summed E-state index contributed by atoms with van der Waals surface area (Å²) in [7, 11) is 5.25. The molecule has 2 N–H and O–H groups in total. The number of hydrogen-bond acceptors (Lipinski definition) is 5. The van der Waals surface area contributed by atoms with Crippen LogP contribution in [0.4, 0.5) is 0 Å². The lowest BCUT2D eigenvalue weighted by molar-refractivity contribution is -0.133. The topological polar surface area (TPSA) is 79.9 Å². The lowest BCUT2D eigenvalue weighted by Gasteiger charge is -2.31. The number of aryl methyl sites for hydroxylation is 1. The molecule has 0 spiro atoms. The summed E-state index contributed by atoms with van der Waals surface area (Å²) in [5.41, 5.74) is 2.77. The van der Waals surface area contributed by atoms with Crippen LogP contribution >= 0.6 is 0 Å². The lowest BCUT2D eigenvalue weighted by atomic mass is 9.88. The average Bonchev–Trinajstić information content (AvgIpc) is 3.34. The van der Waals surface area contributed by atoms with Gasteiger partial charge in [-0.25, -0.2) is 0 Å². The summed E-state index contributed by atoms with van der Waals surface area (Å²) in [5, 5.41) is 6.03. The molecule has 178 valence electrons. The van der Waals surface area contributed by atoms with Crippen LogP contribution in [0.5, 0.6) is 5.75 Å². The van der Waals surface area contributed by atoms with E-state index in [-0.39, 0.29) is 17.9 Å². The van der Waals surface area contributed by atoms with Crippen LogP contribution in [0.2, 0.25) is 0 Å². The lowest BCUT2D eigenvalue weighted by Crippen LogP contribution is -2.51. The summed E-state index contributed by atoms with van der Waals surface area (Å²) in [6.45, 7) is 3.49. The maximum Gasteiger partial charge on any atom is 0.238 e. The molecule has 2 aromatic carbocycles. The number of methoxy groups -OCH3 is 1. The smallest absolute Gasteiger partial charge is 0.238 e. The Morgan fingerprint density at radius 3 is 2.45 bits per heavy atom. The predicted molar refractivity (Wildman–Crippen MR) is 128 cm³/mol. The van der Waals surface area contributed by atoms with E-state index in [1.54, 1.807) is 12.0 Å². The highest BCUT2D eigenvalue weighted by Crippen LogP contribution is 2.25. The van der Waals surface area contributed by atoms with Gasteiger partial charge in [-0.1, -0.05) is 48.0 Å². The van der Waals surface area contributed by atoms with Crippen molar-refractivity contribution in [1.82, 2.24) is 15.5 Å². The number of amides is 2. The van der Waals surface area contributed by atoms with E-state index in [0.29, 0.717) is 18.8 Å². The molecular formula is C26H35N3O4. The van der Waals surface area contributed by atoms with Gasteiger partial charge in [0, 0.05) is 25.3 Å². The van der Waals surface area contributed by atoms with Gasteiger partial charge in [0.1, 0.15) is 11.8 Å². The van der Waals surface area contributed by atoms with E-state index >= 15 is 0 Å². The van der Waals surface area contributed by atoms with Crippen molar-refractivity contribution in [3.63, 3.8) is 0 Å². The Hall–Kier alpha value is -2.90. The molecule has 0 radical (unpaired) electrons. The Labute approximate surface area is 196 Å². The van der Waals surface area contributed by atoms with Crippen molar-refractivity contribution in [3.8, 4) is 5.75 Å². The van der Waals surface area contributed by atoms with Crippen LogP contribution in [-0.4, -0.2) is 63.2 Å². The van der Waals surface area contributed by atoms with Crippen molar-refractivity contribution in [2.45, 2.75) is 44.4 Å². The summed E-state index contributed by atoms with van der Waals surface area (Å²) in [6.07, 6.45) is 1.98. The molecule has 0 bridgehead atoms. The van der Waals surface area contributed by atoms with E-state index in [2.05, 4.69) is 10.6 Å². The van der Waals surface area contributed by atoms with Gasteiger partial charge in [-0.2, -0.15) is 0 Å². The molecule has 1 saturated heterocycles. The van der Waals surface area contributed by atoms with Crippen molar-refractivity contribution in [3.05, 3.63) is 65.2 Å². The van der Waals surface area contributed by atoms with Gasteiger partial charge in [0.2, 0.25) is 11.8 Å². The molecule has 7 heteroatoms. The number of benzene rings is 2. The number of hydrogen-bond donors (Lipinski definition) is 2. The SMILES string of the molecule is COc1ccccc1CNC(=O)C(C(C(=O)NCC1CCCO1)c1ccc(C)cc1)N(C)C. The van der Waals surface area contributed by atoms with Crippen LogP contribution < -0.4 is 15.4 Å². The van der Waals surface area contributed by atoms with Gasteiger partial charge in [0.05, 0.1) is 19.1 Å². The first-order chi connectivity index (χ1) is 15.9. The van der Waals surface area contributed by atoms with Crippen LogP contribution in [0, 0.1) is 6.92 Å². The molecule has 7 nitrogen and oxygen atoms in total. The number of nitrogens with one attached hydrogen (secondary N) is 2. The maximum absolute atomic E-state index is 13.4. The first kappa shape index (κ1) is 24.7. The fourth-order valence-corrected chi connectivity index (χ4v) is 4.20. The second kappa shape index (κ2) is 11.8. The van der Waals surface area contributed by atoms with Crippen LogP contribution in [0.25, 0.3) is 0 Å². The third-order valence-corrected chi connectivity index (χ3v) is 6.03. The van der Waals surface area contributed by atoms with Crippen molar-refractivity contribution in [2.24, 2.45) is 0 Å². The molecule has 33 heavy (non-hydrogen) atoms. The van der Waals surface area contributed by atoms with E-state index < -0.39 is 12.0 Å². The molecule has 3 atom stereocenters. The Kier molecular flexibility index (Phi) is 8.86. The minimum Gasteiger partial charge on any atom is -0.496 e. The van der Waals surface area contributed by atoms with Gasteiger partial charge in [0.25, 0.3) is 0 Å². The van der Waals surface area contributed by atoms with Gasteiger partial charge in [-0.05, 0) is 45.5 Å². The molecule has 1 fully saturated rings. The fourth-order valence-electron chi connectivity index (χ4n) is 4.20. The second-order valence-corrected chi connectivity index (χ2v) is 8.71. The van der Waals surface area contributed by atoms with E-state index in [4.69, 9.17) is 9.47 Å². The summed E-state index contributed by atoms with van der Waals surface area (Å²) in [6, 6.07) is 14.7. The van der Waals surface area contributed by atoms with E-state index in [9.17, 15) is 9.59 Å². The molecule has 0 saturated carbocycles. The minimum atomic E-state index is -0.688. The third kappa shape index (κ3) is 6.55. The third-order valence-electron chi connectivity index (χ3n) is 6.03. The number of carbonyl (C=O) groups is 2. The normalized spacial score (nSPS) is 17.4. The zero-order valence-corrected chi connectivity index (χ0v) is 20.0. The zero-order valence-electron chi connectivity index (χ0n) is 20.0. The maximum atomic E-state index is 13.4. The van der Waals surface area contributed by atoms with Crippen LogP contribution in [0.15, 0.2) is 48.5 Å². The van der Waals surface area contributed by atoms with Gasteiger partial charge in [-0.3, -0.25) is 14.5 Å². The second-order valence-electron chi connectivity index (χ2n) is 8.71. The quantitative estimate of drug-likeness (QED) is 0.578. The van der Waals surface area contributed by atoms with Crippen molar-refractivity contribution in [2.75, 3.05) is 34.4 Å². The first-order valence-corrected chi connectivity index (χ1v) is 11.4. The van der Waals surface area contributed by atoms with Crippen LogP contribution in [0.3, 0.4) is 0 Å². The molecule has 3 unspecified atom stereocenters. The number of likely N-dealkylation sites (N-methyl/N-ethyl adjacent to an activating group) is 1. The van der Waals surface area contributed by atoms with Gasteiger partial charge >= 0.3 is 0 Å². The average molecular weight is 454 g/mol. The summed E-state index contributed by atoms with van der Waals surface area (Å²) >= 11 is 0. The minimum absolute atomic E-state index is 0.0322. The highest BCUT2D eigenvalue weighted by atomic mass is 16.5. The Bertz CT molecular complexity index is 923. The van der Waals surface area contributed by atoms with E-state index in [0.717, 1.165) is 36.1 Å². The molecule has 1 heterocycles. The monoisotopic (exact) mass is 453 g/mol. The molecule has 0 aliphatic carbocycles. The van der Waals surface area contributed by atoms with Gasteiger partial charge in [-0.15, -0.1) is 0 Å². The Morgan fingerprint density at radius 2 is 1.82 bits per heavy atom. The molecule has 3 rings (SSSR count). The molecular weight excluding hydrogens is 418 g/mol. The Balaban J connectivity index is 1.81. The number of ether oxygens (including phenoxy) is 2. The van der Waals surface area contributed by atoms with Crippen molar-refractivity contribution < 1.29 is 19.1 Å².